The number of quaternary nitrogens is 1. The van der Waals surface area contributed by atoms with Gasteiger partial charge in [-0.25, -0.2) is 0 Å². The van der Waals surface area contributed by atoms with Crippen LogP contribution in [0.25, 0.3) is 10.9 Å². The van der Waals surface area contributed by atoms with E-state index in [1.54, 1.807) is 6.92 Å². The van der Waals surface area contributed by atoms with Gasteiger partial charge in [0.1, 0.15) is 6.04 Å². The molecule has 4 aromatic rings. The molecule has 0 aliphatic carbocycles. The predicted octanol–water partition coefficient (Wildman–Crippen LogP) is 4.28. The van der Waals surface area contributed by atoms with Crippen molar-refractivity contribution >= 4 is 22.5 Å². The summed E-state index contributed by atoms with van der Waals surface area (Å²) in [6.07, 6.45) is 2.08. The van der Waals surface area contributed by atoms with E-state index in [1.165, 1.54) is 16.5 Å². The Morgan fingerprint density at radius 1 is 1.00 bits per heavy atom. The zero-order valence-electron chi connectivity index (χ0n) is 19.0. The maximum absolute atomic E-state index is 13.2. The fraction of sp³-hybridized carbons (Fsp3) is 0.259. The minimum Gasteiger partial charge on any atom is -0.361 e. The molecule has 2 heterocycles. The Balaban J connectivity index is 1.60. The number of hydrogen-bond donors (Lipinski definition) is 3. The van der Waals surface area contributed by atoms with E-state index >= 15 is 0 Å². The first-order valence-electron chi connectivity index (χ1n) is 11.1. The average Bonchev–Trinajstić information content (AvgIpc) is 3.34. The zero-order chi connectivity index (χ0) is 22.8. The Morgan fingerprint density at radius 3 is 2.38 bits per heavy atom. The summed E-state index contributed by atoms with van der Waals surface area (Å²) in [5, 5.41) is 3.31. The predicted molar refractivity (Wildman–Crippen MR) is 127 cm³/mol. The van der Waals surface area contributed by atoms with Crippen LogP contribution < -0.4 is 5.32 Å². The van der Waals surface area contributed by atoms with Gasteiger partial charge < -0.3 is 15.3 Å². The SMILES string of the molecule is CC(=O)c1c(C)[nH]c(C(=O)[C@@H](C)[NH2+]C[C@@H](c2ccccc2)c2c[nH]c3ccccc23)c1C. The standard InChI is InChI=1S/C27H29N3O2/c1-16-25(19(4)31)17(2)30-26(16)27(32)18(3)28-14-22(20-10-6-5-7-11-20)23-15-29-24-13-9-8-12-21(23)24/h5-13,15,18,22,28-30H,14H2,1-4H3/p+1/t18-,22+/m1/s1. The molecule has 0 aliphatic rings. The number of carbonyl (C=O) groups is 2. The van der Waals surface area contributed by atoms with Crippen molar-refractivity contribution in [3.63, 3.8) is 0 Å². The number of benzene rings is 2. The van der Waals surface area contributed by atoms with Crippen molar-refractivity contribution in [1.29, 1.82) is 0 Å². The second kappa shape index (κ2) is 8.97. The van der Waals surface area contributed by atoms with E-state index in [0.717, 1.165) is 23.3 Å². The van der Waals surface area contributed by atoms with Crippen LogP contribution in [0.3, 0.4) is 0 Å². The Kier molecular flexibility index (Phi) is 6.10. The number of ketones is 2. The highest BCUT2D eigenvalue weighted by atomic mass is 16.1. The summed E-state index contributed by atoms with van der Waals surface area (Å²) >= 11 is 0. The summed E-state index contributed by atoms with van der Waals surface area (Å²) in [5.41, 5.74) is 6.23. The van der Waals surface area contributed by atoms with Crippen molar-refractivity contribution in [3.05, 3.63) is 94.4 Å². The van der Waals surface area contributed by atoms with E-state index in [4.69, 9.17) is 0 Å². The third-order valence-electron chi connectivity index (χ3n) is 6.37. The van der Waals surface area contributed by atoms with Crippen molar-refractivity contribution in [2.75, 3.05) is 6.54 Å². The fourth-order valence-corrected chi connectivity index (χ4v) is 4.71. The van der Waals surface area contributed by atoms with Gasteiger partial charge in [-0.2, -0.15) is 0 Å². The first-order valence-corrected chi connectivity index (χ1v) is 11.1. The molecule has 0 amide bonds. The van der Waals surface area contributed by atoms with Gasteiger partial charge in [0.25, 0.3) is 0 Å². The Morgan fingerprint density at radius 2 is 1.69 bits per heavy atom. The largest absolute Gasteiger partial charge is 0.361 e. The van der Waals surface area contributed by atoms with Gasteiger partial charge in [-0.1, -0.05) is 48.5 Å². The summed E-state index contributed by atoms with van der Waals surface area (Å²) in [6.45, 7) is 7.90. The molecule has 0 fully saturated rings. The molecule has 164 valence electrons. The van der Waals surface area contributed by atoms with Crippen LogP contribution in [0.5, 0.6) is 0 Å². The zero-order valence-corrected chi connectivity index (χ0v) is 19.0. The molecule has 2 aromatic carbocycles. The van der Waals surface area contributed by atoms with Crippen LogP contribution in [0, 0.1) is 13.8 Å². The van der Waals surface area contributed by atoms with Crippen LogP contribution >= 0.6 is 0 Å². The van der Waals surface area contributed by atoms with Crippen LogP contribution in [0.15, 0.2) is 60.8 Å². The monoisotopic (exact) mass is 428 g/mol. The quantitative estimate of drug-likeness (QED) is 0.366. The molecule has 2 atom stereocenters. The Labute approximate surface area is 188 Å². The van der Waals surface area contributed by atoms with Crippen molar-refractivity contribution < 1.29 is 14.9 Å². The lowest BCUT2D eigenvalue weighted by molar-refractivity contribution is -0.673. The molecule has 32 heavy (non-hydrogen) atoms. The molecule has 0 spiro atoms. The minimum atomic E-state index is -0.275. The average molecular weight is 429 g/mol. The topological polar surface area (TPSA) is 82.3 Å². The van der Waals surface area contributed by atoms with E-state index in [0.29, 0.717) is 11.3 Å². The van der Waals surface area contributed by atoms with Crippen LogP contribution in [0.1, 0.15) is 63.0 Å². The molecular weight excluding hydrogens is 398 g/mol. The van der Waals surface area contributed by atoms with Crippen LogP contribution in [-0.2, 0) is 0 Å². The van der Waals surface area contributed by atoms with Gasteiger partial charge in [-0.15, -0.1) is 0 Å². The van der Waals surface area contributed by atoms with E-state index in [9.17, 15) is 9.59 Å². The number of rotatable bonds is 8. The van der Waals surface area contributed by atoms with Crippen LogP contribution in [0.4, 0.5) is 0 Å². The van der Waals surface area contributed by atoms with Crippen molar-refractivity contribution in [2.45, 2.75) is 39.7 Å². The molecule has 4 N–H and O–H groups in total. The van der Waals surface area contributed by atoms with Crippen LogP contribution in [-0.4, -0.2) is 34.1 Å². The number of carbonyl (C=O) groups excluding carboxylic acids is 2. The van der Waals surface area contributed by atoms with E-state index in [2.05, 4.69) is 63.9 Å². The summed E-state index contributed by atoms with van der Waals surface area (Å²) in [5.74, 6) is 0.140. The van der Waals surface area contributed by atoms with Crippen molar-refractivity contribution in [3.8, 4) is 0 Å². The molecule has 0 saturated heterocycles. The molecule has 0 unspecified atom stereocenters. The van der Waals surface area contributed by atoms with E-state index in [-0.39, 0.29) is 23.5 Å². The van der Waals surface area contributed by atoms with Gasteiger partial charge in [0.15, 0.2) is 5.78 Å². The second-order valence-electron chi connectivity index (χ2n) is 8.56. The van der Waals surface area contributed by atoms with Crippen molar-refractivity contribution in [1.82, 2.24) is 9.97 Å². The molecule has 2 aromatic heterocycles. The molecular formula is C27H30N3O2+. The normalized spacial score (nSPS) is 13.2. The summed E-state index contributed by atoms with van der Waals surface area (Å²) in [7, 11) is 0. The first kappa shape index (κ1) is 21.8. The highest BCUT2D eigenvalue weighted by molar-refractivity contribution is 6.04. The van der Waals surface area contributed by atoms with Crippen molar-refractivity contribution in [2.24, 2.45) is 0 Å². The number of H-pyrrole nitrogens is 2. The number of aryl methyl sites for hydroxylation is 1. The number of fused-ring (bicyclic) bond motifs is 1. The maximum Gasteiger partial charge on any atom is 0.235 e. The van der Waals surface area contributed by atoms with Gasteiger partial charge in [0.05, 0.1) is 18.2 Å². The molecule has 5 heteroatoms. The Hall–Kier alpha value is -3.44. The Bertz CT molecular complexity index is 1270. The number of para-hydroxylation sites is 1. The summed E-state index contributed by atoms with van der Waals surface area (Å²) in [4.78, 5) is 31.7. The number of aromatic amines is 2. The first-order chi connectivity index (χ1) is 15.4. The van der Waals surface area contributed by atoms with Gasteiger partial charge in [0.2, 0.25) is 5.78 Å². The van der Waals surface area contributed by atoms with E-state index in [1.807, 2.05) is 32.9 Å². The second-order valence-corrected chi connectivity index (χ2v) is 8.56. The fourth-order valence-electron chi connectivity index (χ4n) is 4.71. The minimum absolute atomic E-state index is 0.0174. The molecule has 0 saturated carbocycles. The third-order valence-corrected chi connectivity index (χ3v) is 6.37. The lowest BCUT2D eigenvalue weighted by Gasteiger charge is -2.18. The number of nitrogens with two attached hydrogens (primary N) is 1. The lowest BCUT2D eigenvalue weighted by Crippen LogP contribution is -2.92. The molecule has 0 bridgehead atoms. The summed E-state index contributed by atoms with van der Waals surface area (Å²) in [6, 6.07) is 18.5. The van der Waals surface area contributed by atoms with Gasteiger partial charge in [0, 0.05) is 28.4 Å². The third kappa shape index (κ3) is 4.04. The highest BCUT2D eigenvalue weighted by Crippen LogP contribution is 2.30. The van der Waals surface area contributed by atoms with Gasteiger partial charge in [-0.05, 0) is 50.5 Å². The van der Waals surface area contributed by atoms with E-state index < -0.39 is 0 Å². The number of Topliss-reactive ketones (excluding diaryl/α,β-unsaturated/α-hetero) is 2. The molecule has 4 rings (SSSR count). The number of hydrogen-bond acceptors (Lipinski definition) is 2. The molecule has 0 radical (unpaired) electrons. The number of nitrogens with one attached hydrogen (secondary N) is 2. The smallest absolute Gasteiger partial charge is 0.235 e. The molecule has 5 nitrogen and oxygen atoms in total. The molecule has 0 aliphatic heterocycles. The highest BCUT2D eigenvalue weighted by Gasteiger charge is 2.27. The van der Waals surface area contributed by atoms with Gasteiger partial charge in [-0.3, -0.25) is 9.59 Å². The lowest BCUT2D eigenvalue weighted by atomic mass is 9.90. The van der Waals surface area contributed by atoms with Gasteiger partial charge >= 0.3 is 0 Å². The maximum atomic E-state index is 13.2. The summed E-state index contributed by atoms with van der Waals surface area (Å²) < 4.78 is 0. The van der Waals surface area contributed by atoms with Crippen LogP contribution in [0.2, 0.25) is 0 Å². The number of aromatic nitrogens is 2.